The molecule has 1 aliphatic heterocycles. The van der Waals surface area contributed by atoms with E-state index in [1.807, 2.05) is 0 Å². The fourth-order valence-electron chi connectivity index (χ4n) is 2.25. The van der Waals surface area contributed by atoms with E-state index in [2.05, 4.69) is 6.92 Å². The second-order valence-electron chi connectivity index (χ2n) is 4.63. The van der Waals surface area contributed by atoms with Gasteiger partial charge in [0.25, 0.3) is 9.05 Å². The van der Waals surface area contributed by atoms with Crippen LogP contribution < -0.4 is 4.90 Å². The predicted octanol–water partition coefficient (Wildman–Crippen LogP) is 2.69. The quantitative estimate of drug-likeness (QED) is 0.804. The molecule has 1 aromatic carbocycles. The van der Waals surface area contributed by atoms with E-state index in [1.54, 1.807) is 17.0 Å². The summed E-state index contributed by atoms with van der Waals surface area (Å²) in [6.07, 6.45) is 2.92. The normalized spacial score (nSPS) is 15.5. The Labute approximate surface area is 117 Å². The van der Waals surface area contributed by atoms with E-state index < -0.39 is 9.05 Å². The van der Waals surface area contributed by atoms with Gasteiger partial charge in [0, 0.05) is 29.3 Å². The lowest BCUT2D eigenvalue weighted by molar-refractivity contribution is -0.118. The third-order valence-corrected chi connectivity index (χ3v) is 4.62. The lowest BCUT2D eigenvalue weighted by atomic mass is 10.0. The van der Waals surface area contributed by atoms with E-state index in [-0.39, 0.29) is 10.8 Å². The molecule has 1 aliphatic rings. The summed E-state index contributed by atoms with van der Waals surface area (Å²) in [6.45, 7) is 2.74. The average molecular weight is 302 g/mol. The van der Waals surface area contributed by atoms with Crippen LogP contribution >= 0.6 is 10.7 Å². The number of hydrogen-bond donors (Lipinski definition) is 0. The molecule has 19 heavy (non-hydrogen) atoms. The molecule has 0 saturated carbocycles. The number of aryl methyl sites for hydroxylation is 1. The van der Waals surface area contributed by atoms with E-state index in [4.69, 9.17) is 10.7 Å². The number of carbonyl (C=O) groups is 1. The topological polar surface area (TPSA) is 54.5 Å². The van der Waals surface area contributed by atoms with Crippen molar-refractivity contribution in [2.75, 3.05) is 11.4 Å². The molecule has 1 aromatic rings. The summed E-state index contributed by atoms with van der Waals surface area (Å²) in [4.78, 5) is 13.8. The first-order valence-electron chi connectivity index (χ1n) is 6.31. The Bertz CT molecular complexity index is 598. The van der Waals surface area contributed by atoms with E-state index >= 15 is 0 Å². The molecule has 0 bridgehead atoms. The van der Waals surface area contributed by atoms with Crippen molar-refractivity contribution in [1.82, 2.24) is 0 Å². The SMILES string of the molecule is CCCCN1C(=O)CCc2cc(S(=O)(=O)Cl)ccc21. The fourth-order valence-corrected chi connectivity index (χ4v) is 3.05. The first-order chi connectivity index (χ1) is 8.93. The van der Waals surface area contributed by atoms with Gasteiger partial charge in [0.15, 0.2) is 0 Å². The molecule has 104 valence electrons. The molecule has 0 radical (unpaired) electrons. The van der Waals surface area contributed by atoms with E-state index in [1.165, 1.54) is 6.07 Å². The minimum Gasteiger partial charge on any atom is -0.312 e. The number of benzene rings is 1. The van der Waals surface area contributed by atoms with Crippen LogP contribution in [-0.2, 0) is 20.3 Å². The van der Waals surface area contributed by atoms with Crippen LogP contribution in [0.4, 0.5) is 5.69 Å². The van der Waals surface area contributed by atoms with Crippen LogP contribution in [0.3, 0.4) is 0 Å². The van der Waals surface area contributed by atoms with Crippen molar-refractivity contribution in [3.05, 3.63) is 23.8 Å². The van der Waals surface area contributed by atoms with Gasteiger partial charge in [-0.3, -0.25) is 4.79 Å². The standard InChI is InChI=1S/C13H16ClNO3S/c1-2-3-8-15-12-6-5-11(19(14,17)18)9-10(12)4-7-13(15)16/h5-6,9H,2-4,7-8H2,1H3. The smallest absolute Gasteiger partial charge is 0.261 e. The highest BCUT2D eigenvalue weighted by molar-refractivity contribution is 8.13. The van der Waals surface area contributed by atoms with Crippen molar-refractivity contribution in [2.45, 2.75) is 37.5 Å². The number of anilines is 1. The number of amides is 1. The predicted molar refractivity (Wildman–Crippen MR) is 75.1 cm³/mol. The Hall–Kier alpha value is -1.07. The summed E-state index contributed by atoms with van der Waals surface area (Å²) in [7, 11) is 1.63. The third-order valence-electron chi connectivity index (χ3n) is 3.27. The van der Waals surface area contributed by atoms with Crippen LogP contribution in [0, 0.1) is 0 Å². The van der Waals surface area contributed by atoms with Crippen LogP contribution in [0.25, 0.3) is 0 Å². The van der Waals surface area contributed by atoms with Crippen molar-refractivity contribution in [1.29, 1.82) is 0 Å². The molecule has 6 heteroatoms. The molecule has 0 aliphatic carbocycles. The highest BCUT2D eigenvalue weighted by atomic mass is 35.7. The Kier molecular flexibility index (Phi) is 4.16. The van der Waals surface area contributed by atoms with Crippen LogP contribution in [-0.4, -0.2) is 20.9 Å². The van der Waals surface area contributed by atoms with Crippen molar-refractivity contribution in [2.24, 2.45) is 0 Å². The Morgan fingerprint density at radius 3 is 2.68 bits per heavy atom. The summed E-state index contributed by atoms with van der Waals surface area (Å²) in [6, 6.07) is 4.71. The molecule has 0 unspecified atom stereocenters. The monoisotopic (exact) mass is 301 g/mol. The molecule has 1 amide bonds. The van der Waals surface area contributed by atoms with Crippen LogP contribution in [0.5, 0.6) is 0 Å². The third kappa shape index (κ3) is 3.09. The first-order valence-corrected chi connectivity index (χ1v) is 8.62. The number of nitrogens with zero attached hydrogens (tertiary/aromatic N) is 1. The fraction of sp³-hybridized carbons (Fsp3) is 0.462. The minimum absolute atomic E-state index is 0.0951. The van der Waals surface area contributed by atoms with Gasteiger partial charge >= 0.3 is 0 Å². The molecule has 0 spiro atoms. The van der Waals surface area contributed by atoms with E-state index in [9.17, 15) is 13.2 Å². The van der Waals surface area contributed by atoms with Gasteiger partial charge in [-0.1, -0.05) is 13.3 Å². The molecule has 0 fully saturated rings. The Morgan fingerprint density at radius 1 is 1.32 bits per heavy atom. The molecular weight excluding hydrogens is 286 g/mol. The number of rotatable bonds is 4. The van der Waals surface area contributed by atoms with Crippen molar-refractivity contribution in [3.63, 3.8) is 0 Å². The lowest BCUT2D eigenvalue weighted by Gasteiger charge is -2.29. The second kappa shape index (κ2) is 5.51. The van der Waals surface area contributed by atoms with Gasteiger partial charge in [0.05, 0.1) is 4.90 Å². The van der Waals surface area contributed by atoms with Crippen LogP contribution in [0.1, 0.15) is 31.7 Å². The van der Waals surface area contributed by atoms with Gasteiger partial charge < -0.3 is 4.90 Å². The van der Waals surface area contributed by atoms with Gasteiger partial charge in [0.1, 0.15) is 0 Å². The highest BCUT2D eigenvalue weighted by Gasteiger charge is 2.25. The largest absolute Gasteiger partial charge is 0.312 e. The molecule has 0 saturated heterocycles. The van der Waals surface area contributed by atoms with Crippen molar-refractivity contribution in [3.8, 4) is 0 Å². The highest BCUT2D eigenvalue weighted by Crippen LogP contribution is 2.31. The molecule has 4 nitrogen and oxygen atoms in total. The number of carbonyl (C=O) groups excluding carboxylic acids is 1. The molecular formula is C13H16ClNO3S. The summed E-state index contributed by atoms with van der Waals surface area (Å²) >= 11 is 0. The maximum Gasteiger partial charge on any atom is 0.261 e. The molecule has 0 N–H and O–H groups in total. The summed E-state index contributed by atoms with van der Waals surface area (Å²) in [5.74, 6) is 0.0995. The second-order valence-corrected chi connectivity index (χ2v) is 7.19. The maximum atomic E-state index is 11.9. The van der Waals surface area contributed by atoms with Gasteiger partial charge in [-0.2, -0.15) is 0 Å². The van der Waals surface area contributed by atoms with Gasteiger partial charge in [-0.25, -0.2) is 8.42 Å². The van der Waals surface area contributed by atoms with Crippen molar-refractivity contribution < 1.29 is 13.2 Å². The lowest BCUT2D eigenvalue weighted by Crippen LogP contribution is -2.35. The Morgan fingerprint density at radius 2 is 2.05 bits per heavy atom. The van der Waals surface area contributed by atoms with Crippen LogP contribution in [0.2, 0.25) is 0 Å². The first kappa shape index (κ1) is 14.3. The van der Waals surface area contributed by atoms with E-state index in [0.29, 0.717) is 19.4 Å². The number of fused-ring (bicyclic) bond motifs is 1. The minimum atomic E-state index is -3.72. The maximum absolute atomic E-state index is 11.9. The molecule has 2 rings (SSSR count). The van der Waals surface area contributed by atoms with Gasteiger partial charge in [-0.15, -0.1) is 0 Å². The summed E-state index contributed by atoms with van der Waals surface area (Å²) in [5.41, 5.74) is 1.69. The molecule has 0 atom stereocenters. The van der Waals surface area contributed by atoms with E-state index in [0.717, 1.165) is 24.1 Å². The number of halogens is 1. The van der Waals surface area contributed by atoms with Crippen molar-refractivity contribution >= 4 is 31.3 Å². The number of unbranched alkanes of at least 4 members (excludes halogenated alkanes) is 1. The average Bonchev–Trinajstić information content (AvgIpc) is 2.36. The zero-order valence-electron chi connectivity index (χ0n) is 10.7. The van der Waals surface area contributed by atoms with Gasteiger partial charge in [-0.05, 0) is 36.6 Å². The number of hydrogen-bond acceptors (Lipinski definition) is 3. The van der Waals surface area contributed by atoms with Gasteiger partial charge in [0.2, 0.25) is 5.91 Å². The Balaban J connectivity index is 2.38. The molecule has 1 heterocycles. The summed E-state index contributed by atoms with van der Waals surface area (Å²) in [5, 5.41) is 0. The zero-order valence-corrected chi connectivity index (χ0v) is 12.3. The zero-order chi connectivity index (χ0) is 14.0. The van der Waals surface area contributed by atoms with Crippen LogP contribution in [0.15, 0.2) is 23.1 Å². The summed E-state index contributed by atoms with van der Waals surface area (Å²) < 4.78 is 22.6. The molecule has 0 aromatic heterocycles.